The van der Waals surface area contributed by atoms with Gasteiger partial charge in [-0.05, 0) is 37.3 Å². The van der Waals surface area contributed by atoms with Crippen molar-refractivity contribution in [3.8, 4) is 0 Å². The third kappa shape index (κ3) is 5.30. The molecule has 0 spiro atoms. The minimum absolute atomic E-state index is 0.571. The first-order chi connectivity index (χ1) is 7.72. The van der Waals surface area contributed by atoms with Crippen molar-refractivity contribution in [3.05, 3.63) is 29.3 Å². The van der Waals surface area contributed by atoms with Crippen LogP contribution in [0.15, 0.2) is 24.3 Å². The van der Waals surface area contributed by atoms with Gasteiger partial charge in [-0.25, -0.2) is 0 Å². The fourth-order valence-corrected chi connectivity index (χ4v) is 1.53. The number of halogens is 1. The summed E-state index contributed by atoms with van der Waals surface area (Å²) in [7, 11) is 0. The molecule has 88 valence electrons. The Morgan fingerprint density at radius 1 is 1.50 bits per heavy atom. The molecule has 0 fully saturated rings. The molecule has 1 rings (SSSR count). The van der Waals surface area contributed by atoms with E-state index >= 15 is 0 Å². The van der Waals surface area contributed by atoms with Crippen LogP contribution in [0, 0.1) is 0 Å². The molecule has 0 amide bonds. The Morgan fingerprint density at radius 3 is 3.00 bits per heavy atom. The molecule has 2 N–H and O–H groups in total. The zero-order valence-corrected chi connectivity index (χ0v) is 10.7. The molecule has 0 radical (unpaired) electrons. The van der Waals surface area contributed by atoms with Crippen molar-refractivity contribution in [3.63, 3.8) is 0 Å². The Labute approximate surface area is 106 Å². The molecule has 16 heavy (non-hydrogen) atoms. The van der Waals surface area contributed by atoms with Crippen LogP contribution < -0.4 is 10.6 Å². The van der Waals surface area contributed by atoms with Crippen molar-refractivity contribution in [2.24, 2.45) is 0 Å². The third-order valence-electron chi connectivity index (χ3n) is 1.82. The van der Waals surface area contributed by atoms with Crippen molar-refractivity contribution < 1.29 is 4.74 Å². The molecule has 0 unspecified atom stereocenters. The first kappa shape index (κ1) is 13.2. The van der Waals surface area contributed by atoms with Crippen molar-refractivity contribution in [1.29, 1.82) is 0 Å². The smallest absolute Gasteiger partial charge is 0.170 e. The van der Waals surface area contributed by atoms with Crippen LogP contribution in [0.4, 0.5) is 5.69 Å². The number of hydrogen-bond donors (Lipinski definition) is 2. The summed E-state index contributed by atoms with van der Waals surface area (Å²) in [6, 6.07) is 7.41. The number of hydrogen-bond acceptors (Lipinski definition) is 2. The quantitative estimate of drug-likeness (QED) is 0.629. The Balaban J connectivity index is 2.29. The van der Waals surface area contributed by atoms with Gasteiger partial charge in [-0.2, -0.15) is 0 Å². The minimum atomic E-state index is 0.571. The highest BCUT2D eigenvalue weighted by atomic mass is 35.5. The highest BCUT2D eigenvalue weighted by Gasteiger charge is 1.97. The molecule has 1 aromatic rings. The van der Waals surface area contributed by atoms with Gasteiger partial charge in [0.25, 0.3) is 0 Å². The van der Waals surface area contributed by atoms with E-state index < -0.39 is 0 Å². The number of rotatable bonds is 5. The monoisotopic (exact) mass is 258 g/mol. The number of benzene rings is 1. The molecule has 0 heterocycles. The molecule has 0 aliphatic rings. The first-order valence-corrected chi connectivity index (χ1v) is 5.89. The van der Waals surface area contributed by atoms with Crippen molar-refractivity contribution >= 4 is 34.6 Å². The van der Waals surface area contributed by atoms with Crippen molar-refractivity contribution in [2.75, 3.05) is 25.1 Å². The summed E-state index contributed by atoms with van der Waals surface area (Å²) in [4.78, 5) is 0. The van der Waals surface area contributed by atoms with E-state index in [0.717, 1.165) is 12.3 Å². The molecule has 0 aliphatic heterocycles. The zero-order chi connectivity index (χ0) is 11.8. The maximum atomic E-state index is 5.85. The summed E-state index contributed by atoms with van der Waals surface area (Å²) in [5.74, 6) is 0. The van der Waals surface area contributed by atoms with E-state index in [2.05, 4.69) is 10.6 Å². The Bertz CT molecular complexity index is 347. The second kappa shape index (κ2) is 7.44. The van der Waals surface area contributed by atoms with Gasteiger partial charge in [0.1, 0.15) is 0 Å². The molecular weight excluding hydrogens is 244 g/mol. The fourth-order valence-electron chi connectivity index (χ4n) is 1.12. The van der Waals surface area contributed by atoms with Crippen molar-refractivity contribution in [2.45, 2.75) is 6.92 Å². The van der Waals surface area contributed by atoms with Crippen LogP contribution in [0.3, 0.4) is 0 Å². The van der Waals surface area contributed by atoms with Gasteiger partial charge in [0, 0.05) is 23.9 Å². The van der Waals surface area contributed by atoms with Gasteiger partial charge in [-0.15, -0.1) is 0 Å². The fraction of sp³-hybridized carbons (Fsp3) is 0.364. The highest BCUT2D eigenvalue weighted by Crippen LogP contribution is 2.14. The average Bonchev–Trinajstić information content (AvgIpc) is 2.24. The largest absolute Gasteiger partial charge is 0.380 e. The minimum Gasteiger partial charge on any atom is -0.380 e. The van der Waals surface area contributed by atoms with E-state index in [4.69, 9.17) is 28.6 Å². The van der Waals surface area contributed by atoms with Gasteiger partial charge >= 0.3 is 0 Å². The summed E-state index contributed by atoms with van der Waals surface area (Å²) in [5.41, 5.74) is 0.876. The average molecular weight is 259 g/mol. The second-order valence-corrected chi connectivity index (χ2v) is 3.93. The van der Waals surface area contributed by atoms with Crippen molar-refractivity contribution in [1.82, 2.24) is 5.32 Å². The van der Waals surface area contributed by atoms with Crippen LogP contribution in [0.2, 0.25) is 5.02 Å². The lowest BCUT2D eigenvalue weighted by molar-refractivity contribution is 0.152. The molecule has 1 aromatic carbocycles. The first-order valence-electron chi connectivity index (χ1n) is 5.10. The number of ether oxygens (including phenoxy) is 1. The van der Waals surface area contributed by atoms with Gasteiger partial charge in [-0.3, -0.25) is 0 Å². The lowest BCUT2D eigenvalue weighted by Gasteiger charge is -2.10. The number of anilines is 1. The van der Waals surface area contributed by atoms with E-state index in [0.29, 0.717) is 23.3 Å². The Hall–Kier alpha value is -0.840. The summed E-state index contributed by atoms with van der Waals surface area (Å²) in [6.07, 6.45) is 0. The second-order valence-electron chi connectivity index (χ2n) is 3.09. The van der Waals surface area contributed by atoms with Crippen LogP contribution in [-0.4, -0.2) is 24.9 Å². The van der Waals surface area contributed by atoms with Crippen LogP contribution in [-0.2, 0) is 4.74 Å². The molecule has 0 saturated carbocycles. The van der Waals surface area contributed by atoms with E-state index in [1.807, 2.05) is 31.2 Å². The van der Waals surface area contributed by atoms with Gasteiger partial charge in [-0.1, -0.05) is 17.7 Å². The van der Waals surface area contributed by atoms with E-state index in [1.54, 1.807) is 0 Å². The van der Waals surface area contributed by atoms with Gasteiger partial charge in [0.2, 0.25) is 0 Å². The predicted octanol–water partition coefficient (Wildman–Crippen LogP) is 2.66. The van der Waals surface area contributed by atoms with Gasteiger partial charge in [0.05, 0.1) is 6.61 Å². The topological polar surface area (TPSA) is 33.3 Å². The molecule has 0 bridgehead atoms. The third-order valence-corrected chi connectivity index (χ3v) is 2.30. The van der Waals surface area contributed by atoms with Crippen LogP contribution in [0.5, 0.6) is 0 Å². The van der Waals surface area contributed by atoms with Crippen LogP contribution in [0.25, 0.3) is 0 Å². The standard InChI is InChI=1S/C11H15ClN2OS/c1-2-15-7-6-13-11(16)14-10-5-3-4-9(12)8-10/h3-5,8H,2,6-7H2,1H3,(H2,13,14,16). The molecular formula is C11H15ClN2OS. The van der Waals surface area contributed by atoms with E-state index in [9.17, 15) is 0 Å². The molecule has 0 aromatic heterocycles. The maximum absolute atomic E-state index is 5.85. The predicted molar refractivity (Wildman–Crippen MR) is 72.2 cm³/mol. The molecule has 3 nitrogen and oxygen atoms in total. The number of nitrogens with one attached hydrogen (secondary N) is 2. The Kier molecular flexibility index (Phi) is 6.15. The maximum Gasteiger partial charge on any atom is 0.170 e. The SMILES string of the molecule is CCOCCNC(=S)Nc1cccc(Cl)c1. The zero-order valence-electron chi connectivity index (χ0n) is 9.13. The van der Waals surface area contributed by atoms with Crippen LogP contribution >= 0.6 is 23.8 Å². The van der Waals surface area contributed by atoms with Gasteiger partial charge < -0.3 is 15.4 Å². The lowest BCUT2D eigenvalue weighted by Crippen LogP contribution is -2.31. The molecule has 5 heteroatoms. The normalized spacial score (nSPS) is 9.88. The Morgan fingerprint density at radius 2 is 2.31 bits per heavy atom. The van der Waals surface area contributed by atoms with E-state index in [1.165, 1.54) is 0 Å². The summed E-state index contributed by atoms with van der Waals surface area (Å²) >= 11 is 11.0. The van der Waals surface area contributed by atoms with Gasteiger partial charge in [0.15, 0.2) is 5.11 Å². The van der Waals surface area contributed by atoms with E-state index in [-0.39, 0.29) is 0 Å². The number of thiocarbonyl (C=S) groups is 1. The summed E-state index contributed by atoms with van der Waals surface area (Å²) < 4.78 is 5.18. The highest BCUT2D eigenvalue weighted by molar-refractivity contribution is 7.80. The molecule has 0 aliphatic carbocycles. The summed E-state index contributed by atoms with van der Waals surface area (Å²) in [5, 5.41) is 7.33. The van der Waals surface area contributed by atoms with Crippen LogP contribution in [0.1, 0.15) is 6.92 Å². The molecule has 0 saturated heterocycles. The lowest BCUT2D eigenvalue weighted by atomic mass is 10.3. The molecule has 0 atom stereocenters. The summed E-state index contributed by atoms with van der Waals surface area (Å²) in [6.45, 7) is 4.02.